The van der Waals surface area contributed by atoms with Gasteiger partial charge in [0.2, 0.25) is 0 Å². The zero-order valence-corrected chi connectivity index (χ0v) is 18.7. The van der Waals surface area contributed by atoms with Crippen molar-refractivity contribution in [2.75, 3.05) is 0 Å². The van der Waals surface area contributed by atoms with Gasteiger partial charge in [0.15, 0.2) is 0 Å². The molecule has 0 saturated heterocycles. The highest BCUT2D eigenvalue weighted by Gasteiger charge is 2.10. The van der Waals surface area contributed by atoms with Gasteiger partial charge in [-0.2, -0.15) is 8.78 Å². The molecule has 1 nitrogen and oxygen atoms in total. The molecule has 33 heavy (non-hydrogen) atoms. The van der Waals surface area contributed by atoms with Crippen molar-refractivity contribution in [1.29, 1.82) is 0 Å². The molecule has 0 heterocycles. The second-order valence-electron chi connectivity index (χ2n) is 8.30. The maximum absolute atomic E-state index is 14.9. The standard InChI is InChI=1S/C29H27F3O/c1-2-3-4-5-6-20-7-8-23-18-24(10-9-22(23)17-20)25-13-16-27(28(30)19-25)21-11-14-26(15-12-21)33-29(31)32/h7-19,29H,2-6H2,1H3. The van der Waals surface area contributed by atoms with Gasteiger partial charge in [-0.3, -0.25) is 0 Å². The van der Waals surface area contributed by atoms with Gasteiger partial charge < -0.3 is 4.74 Å². The molecule has 0 unspecified atom stereocenters. The summed E-state index contributed by atoms with van der Waals surface area (Å²) in [6.07, 6.45) is 6.10. The summed E-state index contributed by atoms with van der Waals surface area (Å²) in [7, 11) is 0. The summed E-state index contributed by atoms with van der Waals surface area (Å²) >= 11 is 0. The van der Waals surface area contributed by atoms with E-state index in [1.807, 2.05) is 12.1 Å². The minimum absolute atomic E-state index is 0.0473. The molecule has 0 saturated carbocycles. The van der Waals surface area contributed by atoms with Gasteiger partial charge >= 0.3 is 6.61 Å². The van der Waals surface area contributed by atoms with Crippen LogP contribution in [-0.2, 0) is 6.42 Å². The molecule has 4 rings (SSSR count). The lowest BCUT2D eigenvalue weighted by Crippen LogP contribution is -2.01. The van der Waals surface area contributed by atoms with Crippen molar-refractivity contribution in [2.45, 2.75) is 45.6 Å². The Bertz CT molecular complexity index is 1220. The molecule has 0 amide bonds. The minimum atomic E-state index is -2.88. The molecule has 0 aliphatic heterocycles. The Labute approximate surface area is 192 Å². The first-order valence-corrected chi connectivity index (χ1v) is 11.4. The lowest BCUT2D eigenvalue weighted by Gasteiger charge is -2.10. The molecule has 0 bridgehead atoms. The fourth-order valence-electron chi connectivity index (χ4n) is 4.13. The van der Waals surface area contributed by atoms with Crippen molar-refractivity contribution in [3.05, 3.63) is 90.2 Å². The second kappa shape index (κ2) is 10.6. The smallest absolute Gasteiger partial charge is 0.387 e. The monoisotopic (exact) mass is 448 g/mol. The number of ether oxygens (including phenoxy) is 1. The van der Waals surface area contributed by atoms with Gasteiger partial charge in [0.25, 0.3) is 0 Å². The van der Waals surface area contributed by atoms with Gasteiger partial charge in [-0.05, 0) is 70.1 Å². The van der Waals surface area contributed by atoms with Gasteiger partial charge in [0.1, 0.15) is 11.6 Å². The highest BCUT2D eigenvalue weighted by molar-refractivity contribution is 5.88. The minimum Gasteiger partial charge on any atom is -0.435 e. The normalized spacial score (nSPS) is 11.3. The van der Waals surface area contributed by atoms with Crippen molar-refractivity contribution >= 4 is 10.8 Å². The third-order valence-corrected chi connectivity index (χ3v) is 5.92. The van der Waals surface area contributed by atoms with Crippen LogP contribution in [0.2, 0.25) is 0 Å². The third-order valence-electron chi connectivity index (χ3n) is 5.92. The van der Waals surface area contributed by atoms with E-state index in [1.54, 1.807) is 18.2 Å². The molecular weight excluding hydrogens is 421 g/mol. The van der Waals surface area contributed by atoms with Crippen molar-refractivity contribution in [1.82, 2.24) is 0 Å². The summed E-state index contributed by atoms with van der Waals surface area (Å²) in [5, 5.41) is 2.32. The third kappa shape index (κ3) is 5.75. The first kappa shape index (κ1) is 22.9. The summed E-state index contributed by atoms with van der Waals surface area (Å²) in [4.78, 5) is 0. The Kier molecular flexibility index (Phi) is 7.33. The van der Waals surface area contributed by atoms with E-state index in [-0.39, 0.29) is 11.6 Å². The van der Waals surface area contributed by atoms with Crippen LogP contribution in [0, 0.1) is 5.82 Å². The fourth-order valence-corrected chi connectivity index (χ4v) is 4.13. The highest BCUT2D eigenvalue weighted by Crippen LogP contribution is 2.31. The Balaban J connectivity index is 1.52. The van der Waals surface area contributed by atoms with E-state index in [2.05, 4.69) is 42.0 Å². The molecule has 4 aromatic carbocycles. The van der Waals surface area contributed by atoms with E-state index in [4.69, 9.17) is 0 Å². The van der Waals surface area contributed by atoms with Crippen LogP contribution in [0.25, 0.3) is 33.0 Å². The predicted octanol–water partition coefficient (Wildman–Crippen LogP) is 9.04. The van der Waals surface area contributed by atoms with Crippen molar-refractivity contribution in [3.8, 4) is 28.0 Å². The Morgan fingerprint density at radius 2 is 1.36 bits per heavy atom. The van der Waals surface area contributed by atoms with Gasteiger partial charge in [-0.1, -0.05) is 80.8 Å². The lowest BCUT2D eigenvalue weighted by atomic mass is 9.96. The molecule has 0 aliphatic rings. The average Bonchev–Trinajstić information content (AvgIpc) is 2.82. The molecule has 4 aromatic rings. The van der Waals surface area contributed by atoms with E-state index in [0.717, 1.165) is 22.9 Å². The first-order chi connectivity index (χ1) is 16.0. The molecule has 0 aliphatic carbocycles. The molecule has 0 radical (unpaired) electrons. The number of fused-ring (bicyclic) bond motifs is 1. The zero-order valence-electron chi connectivity index (χ0n) is 18.7. The summed E-state index contributed by atoms with van der Waals surface area (Å²) < 4.78 is 43.9. The zero-order chi connectivity index (χ0) is 23.2. The number of hydrogen-bond acceptors (Lipinski definition) is 1. The summed E-state index contributed by atoms with van der Waals surface area (Å²) in [5.41, 5.74) is 4.11. The summed E-state index contributed by atoms with van der Waals surface area (Å²) in [6.45, 7) is -0.662. The molecule has 0 fully saturated rings. The van der Waals surface area contributed by atoms with Crippen LogP contribution in [0.5, 0.6) is 5.75 Å². The van der Waals surface area contributed by atoms with Gasteiger partial charge in [-0.25, -0.2) is 4.39 Å². The molecule has 0 atom stereocenters. The first-order valence-electron chi connectivity index (χ1n) is 11.4. The quantitative estimate of drug-likeness (QED) is 0.232. The van der Waals surface area contributed by atoms with Crippen LogP contribution in [0.15, 0.2) is 78.9 Å². The fraction of sp³-hybridized carbons (Fsp3) is 0.241. The topological polar surface area (TPSA) is 9.23 Å². The maximum Gasteiger partial charge on any atom is 0.387 e. The summed E-state index contributed by atoms with van der Waals surface area (Å²) in [5.74, 6) is -0.316. The van der Waals surface area contributed by atoms with Crippen LogP contribution in [0.1, 0.15) is 38.2 Å². The Hall–Kier alpha value is -3.27. The molecule has 0 N–H and O–H groups in total. The number of halogens is 3. The van der Waals surface area contributed by atoms with Crippen LogP contribution < -0.4 is 4.74 Å². The second-order valence-corrected chi connectivity index (χ2v) is 8.30. The van der Waals surface area contributed by atoms with Gasteiger partial charge in [0.05, 0.1) is 0 Å². The van der Waals surface area contributed by atoms with Crippen molar-refractivity contribution < 1.29 is 17.9 Å². The number of unbranched alkanes of at least 4 members (excludes halogenated alkanes) is 3. The number of hydrogen-bond donors (Lipinski definition) is 0. The van der Waals surface area contributed by atoms with Crippen molar-refractivity contribution in [2.24, 2.45) is 0 Å². The molecule has 4 heteroatoms. The summed E-state index contributed by atoms with van der Waals surface area (Å²) in [6, 6.07) is 23.9. The Morgan fingerprint density at radius 1 is 0.697 bits per heavy atom. The highest BCUT2D eigenvalue weighted by atomic mass is 19.3. The average molecular weight is 449 g/mol. The predicted molar refractivity (Wildman–Crippen MR) is 129 cm³/mol. The van der Waals surface area contributed by atoms with Crippen LogP contribution in [0.3, 0.4) is 0 Å². The van der Waals surface area contributed by atoms with Crippen LogP contribution in [0.4, 0.5) is 13.2 Å². The maximum atomic E-state index is 14.9. The molecule has 170 valence electrons. The van der Waals surface area contributed by atoms with E-state index >= 15 is 0 Å². The SMILES string of the molecule is CCCCCCc1ccc2cc(-c3ccc(-c4ccc(OC(F)F)cc4)c(F)c3)ccc2c1. The van der Waals surface area contributed by atoms with E-state index in [9.17, 15) is 13.2 Å². The van der Waals surface area contributed by atoms with Crippen LogP contribution in [-0.4, -0.2) is 6.61 Å². The number of alkyl halides is 2. The van der Waals surface area contributed by atoms with Gasteiger partial charge in [-0.15, -0.1) is 0 Å². The van der Waals surface area contributed by atoms with E-state index in [1.165, 1.54) is 54.8 Å². The van der Waals surface area contributed by atoms with Crippen LogP contribution >= 0.6 is 0 Å². The number of aryl methyl sites for hydroxylation is 1. The lowest BCUT2D eigenvalue weighted by molar-refractivity contribution is -0.0498. The van der Waals surface area contributed by atoms with E-state index in [0.29, 0.717) is 11.1 Å². The number of rotatable bonds is 9. The largest absolute Gasteiger partial charge is 0.435 e. The van der Waals surface area contributed by atoms with Gasteiger partial charge in [0, 0.05) is 5.56 Å². The molecule has 0 aromatic heterocycles. The van der Waals surface area contributed by atoms with Crippen molar-refractivity contribution in [3.63, 3.8) is 0 Å². The van der Waals surface area contributed by atoms with E-state index < -0.39 is 6.61 Å². The molecule has 0 spiro atoms. The molecular formula is C29H27F3O. The Morgan fingerprint density at radius 3 is 2.09 bits per heavy atom. The number of benzene rings is 4.